The quantitative estimate of drug-likeness (QED) is 0.607. The number of likely N-dealkylation sites (tertiary alicyclic amines) is 1. The molecule has 1 fully saturated rings. The summed E-state index contributed by atoms with van der Waals surface area (Å²) in [6, 6.07) is 27.4. The summed E-state index contributed by atoms with van der Waals surface area (Å²) >= 11 is 0. The normalized spacial score (nSPS) is 14.3. The zero-order valence-electron chi connectivity index (χ0n) is 16.8. The van der Waals surface area contributed by atoms with E-state index in [4.69, 9.17) is 4.74 Å². The molecule has 1 amide bonds. The lowest BCUT2D eigenvalue weighted by molar-refractivity contribution is -0.000361. The molecular formula is C26H24N2O2. The molecule has 3 aromatic rings. The molecule has 0 atom stereocenters. The van der Waals surface area contributed by atoms with Gasteiger partial charge in [-0.2, -0.15) is 5.26 Å². The van der Waals surface area contributed by atoms with Gasteiger partial charge in [-0.25, -0.2) is 0 Å². The Morgan fingerprint density at radius 3 is 2.27 bits per heavy atom. The maximum atomic E-state index is 13.3. The van der Waals surface area contributed by atoms with Crippen LogP contribution in [0.4, 0.5) is 0 Å². The maximum absolute atomic E-state index is 13.3. The number of benzene rings is 3. The van der Waals surface area contributed by atoms with Gasteiger partial charge in [0.15, 0.2) is 0 Å². The Labute approximate surface area is 177 Å². The Bertz CT molecular complexity index is 1050. The van der Waals surface area contributed by atoms with Gasteiger partial charge in [0.25, 0.3) is 5.91 Å². The number of nitrogens with zero attached hydrogens (tertiary/aromatic N) is 2. The first kappa shape index (κ1) is 19.9. The van der Waals surface area contributed by atoms with Crippen LogP contribution < -0.4 is 0 Å². The van der Waals surface area contributed by atoms with Gasteiger partial charge < -0.3 is 9.64 Å². The highest BCUT2D eigenvalue weighted by Gasteiger charge is 2.26. The van der Waals surface area contributed by atoms with Crippen molar-refractivity contribution in [3.05, 3.63) is 95.6 Å². The molecule has 0 saturated carbocycles. The lowest BCUT2D eigenvalue weighted by Gasteiger charge is -2.32. The number of ether oxygens (including phenoxy) is 1. The van der Waals surface area contributed by atoms with Crippen LogP contribution in [0.1, 0.15) is 34.3 Å². The fraction of sp³-hybridized carbons (Fsp3) is 0.231. The third-order valence-corrected chi connectivity index (χ3v) is 5.55. The van der Waals surface area contributed by atoms with Crippen molar-refractivity contribution in [1.29, 1.82) is 5.26 Å². The molecule has 4 heteroatoms. The second-order valence-electron chi connectivity index (χ2n) is 7.49. The minimum Gasteiger partial charge on any atom is -0.373 e. The molecule has 4 rings (SSSR count). The fourth-order valence-corrected chi connectivity index (χ4v) is 3.90. The molecule has 0 radical (unpaired) electrons. The summed E-state index contributed by atoms with van der Waals surface area (Å²) in [5, 5.41) is 9.46. The van der Waals surface area contributed by atoms with Crippen molar-refractivity contribution in [3.8, 4) is 17.2 Å². The van der Waals surface area contributed by atoms with Gasteiger partial charge in [-0.1, -0.05) is 66.7 Å². The van der Waals surface area contributed by atoms with E-state index in [0.29, 0.717) is 30.8 Å². The smallest absolute Gasteiger partial charge is 0.254 e. The third kappa shape index (κ3) is 4.42. The van der Waals surface area contributed by atoms with Crippen molar-refractivity contribution in [1.82, 2.24) is 4.90 Å². The predicted octanol–water partition coefficient (Wildman–Crippen LogP) is 5.05. The summed E-state index contributed by atoms with van der Waals surface area (Å²) < 4.78 is 6.05. The Hall–Kier alpha value is -3.42. The van der Waals surface area contributed by atoms with Crippen molar-refractivity contribution in [3.63, 3.8) is 0 Å². The van der Waals surface area contributed by atoms with Gasteiger partial charge in [0, 0.05) is 24.2 Å². The largest absolute Gasteiger partial charge is 0.373 e. The van der Waals surface area contributed by atoms with E-state index in [2.05, 4.69) is 18.2 Å². The lowest BCUT2D eigenvalue weighted by atomic mass is 9.94. The molecule has 30 heavy (non-hydrogen) atoms. The number of carbonyl (C=O) groups excluding carboxylic acids is 1. The Morgan fingerprint density at radius 2 is 1.53 bits per heavy atom. The van der Waals surface area contributed by atoms with E-state index < -0.39 is 0 Å². The third-order valence-electron chi connectivity index (χ3n) is 5.55. The minimum absolute atomic E-state index is 0.0138. The first-order valence-electron chi connectivity index (χ1n) is 10.3. The molecule has 1 heterocycles. The van der Waals surface area contributed by atoms with Crippen LogP contribution in [-0.2, 0) is 11.3 Å². The standard InChI is InChI=1S/C26H24N2O2/c27-18-21-10-4-5-11-23(21)24-12-6-7-13-25(24)26(29)28-16-14-22(15-17-28)30-19-20-8-2-1-3-9-20/h1-13,22H,14-17,19H2. The molecule has 0 spiro atoms. The lowest BCUT2D eigenvalue weighted by Crippen LogP contribution is -2.41. The van der Waals surface area contributed by atoms with Crippen LogP contribution in [0.3, 0.4) is 0 Å². The summed E-state index contributed by atoms with van der Waals surface area (Å²) in [4.78, 5) is 15.2. The van der Waals surface area contributed by atoms with E-state index in [0.717, 1.165) is 24.0 Å². The fourth-order valence-electron chi connectivity index (χ4n) is 3.90. The van der Waals surface area contributed by atoms with Crippen LogP contribution in [0.15, 0.2) is 78.9 Å². The second-order valence-corrected chi connectivity index (χ2v) is 7.49. The summed E-state index contributed by atoms with van der Waals surface area (Å²) in [5.41, 5.74) is 3.99. The van der Waals surface area contributed by atoms with Crippen LogP contribution in [-0.4, -0.2) is 30.0 Å². The van der Waals surface area contributed by atoms with Crippen molar-refractivity contribution in [2.75, 3.05) is 13.1 Å². The van der Waals surface area contributed by atoms with Crippen LogP contribution in [0.2, 0.25) is 0 Å². The van der Waals surface area contributed by atoms with Crippen molar-refractivity contribution >= 4 is 5.91 Å². The van der Waals surface area contributed by atoms with Gasteiger partial charge in [0.05, 0.1) is 24.3 Å². The van der Waals surface area contributed by atoms with Gasteiger partial charge in [-0.3, -0.25) is 4.79 Å². The van der Waals surface area contributed by atoms with Gasteiger partial charge in [0.2, 0.25) is 0 Å². The second kappa shape index (κ2) is 9.39. The van der Waals surface area contributed by atoms with E-state index in [1.165, 1.54) is 5.56 Å². The highest BCUT2D eigenvalue weighted by molar-refractivity contribution is 6.01. The zero-order chi connectivity index (χ0) is 20.8. The minimum atomic E-state index is 0.0138. The first-order chi connectivity index (χ1) is 14.8. The topological polar surface area (TPSA) is 53.3 Å². The highest BCUT2D eigenvalue weighted by Crippen LogP contribution is 2.28. The maximum Gasteiger partial charge on any atom is 0.254 e. The molecule has 1 aliphatic rings. The number of carbonyl (C=O) groups is 1. The molecule has 4 nitrogen and oxygen atoms in total. The number of rotatable bonds is 5. The van der Waals surface area contributed by atoms with E-state index in [1.807, 2.05) is 65.6 Å². The molecule has 1 saturated heterocycles. The molecule has 0 aliphatic carbocycles. The van der Waals surface area contributed by atoms with Crippen molar-refractivity contribution < 1.29 is 9.53 Å². The van der Waals surface area contributed by atoms with Gasteiger partial charge in [-0.15, -0.1) is 0 Å². The molecule has 0 aromatic heterocycles. The molecule has 150 valence electrons. The summed E-state index contributed by atoms with van der Waals surface area (Å²) in [5.74, 6) is 0.0138. The molecular weight excluding hydrogens is 372 g/mol. The number of hydrogen-bond donors (Lipinski definition) is 0. The average molecular weight is 396 g/mol. The van der Waals surface area contributed by atoms with Crippen LogP contribution in [0.5, 0.6) is 0 Å². The van der Waals surface area contributed by atoms with E-state index in [-0.39, 0.29) is 12.0 Å². The number of piperidine rings is 1. The highest BCUT2D eigenvalue weighted by atomic mass is 16.5. The van der Waals surface area contributed by atoms with E-state index in [1.54, 1.807) is 6.07 Å². The molecule has 1 aliphatic heterocycles. The van der Waals surface area contributed by atoms with Crippen LogP contribution in [0, 0.1) is 11.3 Å². The van der Waals surface area contributed by atoms with Crippen molar-refractivity contribution in [2.24, 2.45) is 0 Å². The summed E-state index contributed by atoms with van der Waals surface area (Å²) in [6.45, 7) is 1.95. The first-order valence-corrected chi connectivity index (χ1v) is 10.3. The number of amides is 1. The zero-order valence-corrected chi connectivity index (χ0v) is 16.8. The molecule has 0 unspecified atom stereocenters. The number of nitriles is 1. The van der Waals surface area contributed by atoms with Crippen LogP contribution in [0.25, 0.3) is 11.1 Å². The number of hydrogen-bond acceptors (Lipinski definition) is 3. The molecule has 0 bridgehead atoms. The Kier molecular flexibility index (Phi) is 6.22. The van der Waals surface area contributed by atoms with E-state index >= 15 is 0 Å². The Morgan fingerprint density at radius 1 is 0.900 bits per heavy atom. The molecule has 3 aromatic carbocycles. The van der Waals surface area contributed by atoms with Crippen LogP contribution >= 0.6 is 0 Å². The SMILES string of the molecule is N#Cc1ccccc1-c1ccccc1C(=O)N1CCC(OCc2ccccc2)CC1. The molecule has 0 N–H and O–H groups in total. The average Bonchev–Trinajstić information content (AvgIpc) is 2.83. The Balaban J connectivity index is 1.43. The van der Waals surface area contributed by atoms with Gasteiger partial charge in [-0.05, 0) is 36.1 Å². The predicted molar refractivity (Wildman–Crippen MR) is 117 cm³/mol. The van der Waals surface area contributed by atoms with Gasteiger partial charge >= 0.3 is 0 Å². The summed E-state index contributed by atoms with van der Waals surface area (Å²) in [6.07, 6.45) is 1.83. The summed E-state index contributed by atoms with van der Waals surface area (Å²) in [7, 11) is 0. The van der Waals surface area contributed by atoms with E-state index in [9.17, 15) is 10.1 Å². The van der Waals surface area contributed by atoms with Gasteiger partial charge in [0.1, 0.15) is 0 Å². The monoisotopic (exact) mass is 396 g/mol. The van der Waals surface area contributed by atoms with Crippen molar-refractivity contribution in [2.45, 2.75) is 25.6 Å².